The van der Waals surface area contributed by atoms with Gasteiger partial charge in [0.05, 0.1) is 0 Å². The van der Waals surface area contributed by atoms with Crippen molar-refractivity contribution in [3.05, 3.63) is 0 Å². The Hall–Kier alpha value is -0.730. The molecule has 0 aromatic heterocycles. The second kappa shape index (κ2) is 13.1. The topological polar surface area (TPSA) is 75.3 Å². The number of hydrogen-bond acceptors (Lipinski definition) is 6. The summed E-state index contributed by atoms with van der Waals surface area (Å²) in [7, 11) is 0. The van der Waals surface area contributed by atoms with E-state index in [-0.39, 0.29) is 18.1 Å². The maximum atomic E-state index is 13.4. The second-order valence-electron chi connectivity index (χ2n) is 12.2. The van der Waals surface area contributed by atoms with Crippen LogP contribution in [0.4, 0.5) is 0 Å². The molecule has 212 valence electrons. The minimum atomic E-state index is -0.724. The van der Waals surface area contributed by atoms with Crippen LogP contribution in [0.5, 0.6) is 0 Å². The molecule has 5 fully saturated rings. The Kier molecular flexibility index (Phi) is 9.84. The van der Waals surface area contributed by atoms with Gasteiger partial charge in [0, 0.05) is 32.2 Å². The normalized spacial score (nSPS) is 33.9. The fourth-order valence-corrected chi connectivity index (χ4v) is 7.09. The Morgan fingerprint density at radius 2 is 1.16 bits per heavy atom. The summed E-state index contributed by atoms with van der Waals surface area (Å²) in [5.74, 6) is -1.30. The molecule has 3 heterocycles. The van der Waals surface area contributed by atoms with E-state index in [9.17, 15) is 4.79 Å². The zero-order valence-corrected chi connectivity index (χ0v) is 23.2. The molecule has 7 nitrogen and oxygen atoms in total. The predicted molar refractivity (Wildman–Crippen MR) is 141 cm³/mol. The van der Waals surface area contributed by atoms with Gasteiger partial charge >= 0.3 is 0 Å². The smallest absolute Gasteiger partial charge is 0.252 e. The zero-order chi connectivity index (χ0) is 25.6. The van der Waals surface area contributed by atoms with E-state index >= 15 is 0 Å². The van der Waals surface area contributed by atoms with Crippen molar-refractivity contribution in [3.63, 3.8) is 0 Å². The Morgan fingerprint density at radius 1 is 0.649 bits per heavy atom. The molecule has 2 saturated carbocycles. The maximum absolute atomic E-state index is 13.4. The van der Waals surface area contributed by atoms with Crippen molar-refractivity contribution in [2.45, 2.75) is 178 Å². The van der Waals surface area contributed by atoms with E-state index in [1.165, 1.54) is 64.2 Å². The van der Waals surface area contributed by atoms with E-state index in [0.717, 1.165) is 64.2 Å². The molecule has 2 aliphatic carbocycles. The first kappa shape index (κ1) is 27.8. The van der Waals surface area contributed by atoms with Crippen LogP contribution in [0.25, 0.3) is 0 Å². The molecular formula is C30H51NO6. The monoisotopic (exact) mass is 521 g/mol. The summed E-state index contributed by atoms with van der Waals surface area (Å²) in [4.78, 5) is 13.4. The van der Waals surface area contributed by atoms with Gasteiger partial charge in [0.1, 0.15) is 18.3 Å². The zero-order valence-electron chi connectivity index (χ0n) is 23.2. The fourth-order valence-electron chi connectivity index (χ4n) is 7.09. The Labute approximate surface area is 224 Å². The van der Waals surface area contributed by atoms with Crippen molar-refractivity contribution in [2.75, 3.05) is 6.54 Å². The number of hydrogen-bond donors (Lipinski definition) is 1. The van der Waals surface area contributed by atoms with E-state index in [1.54, 1.807) is 0 Å². The van der Waals surface area contributed by atoms with Crippen LogP contribution in [-0.4, -0.2) is 54.7 Å². The van der Waals surface area contributed by atoms with Crippen LogP contribution in [0.1, 0.15) is 135 Å². The highest BCUT2D eigenvalue weighted by atomic mass is 16.9. The number of carbonyl (C=O) groups is 1. The van der Waals surface area contributed by atoms with Gasteiger partial charge in [0.25, 0.3) is 5.91 Å². The van der Waals surface area contributed by atoms with Gasteiger partial charge in [-0.25, -0.2) is 0 Å². The minimum Gasteiger partial charge on any atom is -0.354 e. The summed E-state index contributed by atoms with van der Waals surface area (Å²) >= 11 is 0. The van der Waals surface area contributed by atoms with Crippen LogP contribution in [0.2, 0.25) is 0 Å². The summed E-state index contributed by atoms with van der Waals surface area (Å²) in [6.45, 7) is 2.94. The van der Waals surface area contributed by atoms with Gasteiger partial charge < -0.3 is 29.0 Å². The standard InChI is InChI=1S/C30H51NO6/c1-2-3-4-5-6-7-8-9-10-17-22-31-27(32)25-23-24(35-29(34-23)18-13-11-14-19-29)26-28(33-25)37-30(36-26)20-15-12-16-21-30/h23-26,28H,2-22H2,1H3,(H,31,32)/t23-,24+,25+,26-,28-/m1/s1. The highest BCUT2D eigenvalue weighted by molar-refractivity contribution is 5.81. The van der Waals surface area contributed by atoms with Gasteiger partial charge in [-0.05, 0) is 32.1 Å². The summed E-state index contributed by atoms with van der Waals surface area (Å²) in [6, 6.07) is 0. The van der Waals surface area contributed by atoms with E-state index in [4.69, 9.17) is 23.7 Å². The van der Waals surface area contributed by atoms with E-state index in [2.05, 4.69) is 12.2 Å². The number of ether oxygens (including phenoxy) is 5. The second-order valence-corrected chi connectivity index (χ2v) is 12.2. The van der Waals surface area contributed by atoms with E-state index < -0.39 is 30.1 Å². The summed E-state index contributed by atoms with van der Waals surface area (Å²) < 4.78 is 32.5. The summed E-state index contributed by atoms with van der Waals surface area (Å²) in [5, 5.41) is 3.14. The molecule has 0 aromatic carbocycles. The average molecular weight is 522 g/mol. The molecule has 3 saturated heterocycles. The highest BCUT2D eigenvalue weighted by Gasteiger charge is 2.65. The lowest BCUT2D eigenvalue weighted by atomic mass is 9.94. The van der Waals surface area contributed by atoms with Gasteiger partial charge in [0.15, 0.2) is 24.0 Å². The third kappa shape index (κ3) is 6.71. The van der Waals surface area contributed by atoms with Crippen molar-refractivity contribution < 1.29 is 28.5 Å². The third-order valence-electron chi connectivity index (χ3n) is 9.20. The average Bonchev–Trinajstić information content (AvgIpc) is 3.45. The molecule has 0 unspecified atom stereocenters. The van der Waals surface area contributed by atoms with Crippen LogP contribution in [0, 0.1) is 0 Å². The SMILES string of the molecule is CCCCCCCCCCCCNC(=O)[C@H]1O[C@@H]2OC3(CCCCC3)O[C@@H]2[C@H]2OC3(CCCCC3)O[C@H]21. The molecule has 0 aromatic rings. The minimum absolute atomic E-state index is 0.103. The highest BCUT2D eigenvalue weighted by Crippen LogP contribution is 2.50. The lowest BCUT2D eigenvalue weighted by molar-refractivity contribution is -0.247. The van der Waals surface area contributed by atoms with Crippen molar-refractivity contribution in [1.29, 1.82) is 0 Å². The van der Waals surface area contributed by atoms with Gasteiger partial charge in [-0.3, -0.25) is 4.79 Å². The summed E-state index contributed by atoms with van der Waals surface area (Å²) in [6.07, 6.45) is 20.7. The van der Waals surface area contributed by atoms with Crippen molar-refractivity contribution >= 4 is 5.91 Å². The Bertz CT molecular complexity index is 719. The molecule has 3 aliphatic heterocycles. The maximum Gasteiger partial charge on any atom is 0.252 e. The Morgan fingerprint density at radius 3 is 1.78 bits per heavy atom. The predicted octanol–water partition coefficient (Wildman–Crippen LogP) is 6.27. The molecule has 0 bridgehead atoms. The van der Waals surface area contributed by atoms with Crippen LogP contribution in [-0.2, 0) is 28.5 Å². The molecule has 2 spiro atoms. The van der Waals surface area contributed by atoms with Gasteiger partial charge in [-0.2, -0.15) is 0 Å². The van der Waals surface area contributed by atoms with Crippen molar-refractivity contribution in [3.8, 4) is 0 Å². The molecule has 5 rings (SSSR count). The number of amides is 1. The van der Waals surface area contributed by atoms with E-state index in [1.807, 2.05) is 0 Å². The fraction of sp³-hybridized carbons (Fsp3) is 0.967. The lowest BCUT2D eigenvalue weighted by Crippen LogP contribution is -2.59. The van der Waals surface area contributed by atoms with Gasteiger partial charge in [-0.15, -0.1) is 0 Å². The third-order valence-corrected chi connectivity index (χ3v) is 9.20. The summed E-state index contributed by atoms with van der Waals surface area (Å²) in [5.41, 5.74) is 0. The molecule has 37 heavy (non-hydrogen) atoms. The first-order chi connectivity index (χ1) is 18.1. The van der Waals surface area contributed by atoms with Crippen molar-refractivity contribution in [2.24, 2.45) is 0 Å². The lowest BCUT2D eigenvalue weighted by Gasteiger charge is -2.36. The number of carbonyl (C=O) groups excluding carboxylic acids is 1. The molecule has 5 atom stereocenters. The Balaban J connectivity index is 1.11. The quantitative estimate of drug-likeness (QED) is 0.305. The first-order valence-corrected chi connectivity index (χ1v) is 15.8. The van der Waals surface area contributed by atoms with Crippen LogP contribution < -0.4 is 5.32 Å². The first-order valence-electron chi connectivity index (χ1n) is 15.8. The number of unbranched alkanes of at least 4 members (excludes halogenated alkanes) is 9. The number of rotatable bonds is 12. The molecule has 0 radical (unpaired) electrons. The molecule has 1 amide bonds. The molecule has 5 aliphatic rings. The number of fused-ring (bicyclic) bond motifs is 3. The molecular weight excluding hydrogens is 470 g/mol. The van der Waals surface area contributed by atoms with Gasteiger partial charge in [0.2, 0.25) is 0 Å². The van der Waals surface area contributed by atoms with Crippen LogP contribution in [0.3, 0.4) is 0 Å². The van der Waals surface area contributed by atoms with Crippen LogP contribution >= 0.6 is 0 Å². The largest absolute Gasteiger partial charge is 0.354 e. The van der Waals surface area contributed by atoms with Crippen molar-refractivity contribution in [1.82, 2.24) is 5.32 Å². The number of nitrogens with one attached hydrogen (secondary N) is 1. The molecule has 7 heteroatoms. The van der Waals surface area contributed by atoms with E-state index in [0.29, 0.717) is 6.54 Å². The molecule has 1 N–H and O–H groups in total. The van der Waals surface area contributed by atoms with Crippen LogP contribution in [0.15, 0.2) is 0 Å². The van der Waals surface area contributed by atoms with Gasteiger partial charge in [-0.1, -0.05) is 77.6 Å².